The summed E-state index contributed by atoms with van der Waals surface area (Å²) >= 11 is 0. The highest BCUT2D eigenvalue weighted by Gasteiger charge is 2.26. The van der Waals surface area contributed by atoms with E-state index in [0.29, 0.717) is 17.1 Å². The maximum atomic E-state index is 11.8. The van der Waals surface area contributed by atoms with E-state index in [4.69, 9.17) is 9.47 Å². The molecule has 5 nitrogen and oxygen atoms in total. The van der Waals surface area contributed by atoms with Crippen LogP contribution in [0.2, 0.25) is 0 Å². The summed E-state index contributed by atoms with van der Waals surface area (Å²) in [6.45, 7) is 3.18. The molecule has 0 amide bonds. The van der Waals surface area contributed by atoms with Gasteiger partial charge in [-0.1, -0.05) is 24.3 Å². The van der Waals surface area contributed by atoms with Crippen molar-refractivity contribution >= 4 is 11.9 Å². The Morgan fingerprint density at radius 1 is 1.05 bits per heavy atom. The number of benzene rings is 2. The molecule has 1 aliphatic heterocycles. The Hall–Kier alpha value is -3.08. The fourth-order valence-corrected chi connectivity index (χ4v) is 1.49. The zero-order valence-electron chi connectivity index (χ0n) is 11.9. The quantitative estimate of drug-likeness (QED) is 0.377. The predicted molar refractivity (Wildman–Crippen MR) is 79.6 cm³/mol. The van der Waals surface area contributed by atoms with Crippen LogP contribution in [0.1, 0.15) is 10.4 Å². The van der Waals surface area contributed by atoms with Crippen molar-refractivity contribution in [3.05, 3.63) is 72.5 Å². The molecule has 2 aromatic rings. The Kier molecular flexibility index (Phi) is 4.93. The Morgan fingerprint density at radius 2 is 1.64 bits per heavy atom. The van der Waals surface area contributed by atoms with Crippen LogP contribution in [0.3, 0.4) is 0 Å². The first-order valence-electron chi connectivity index (χ1n) is 6.42. The number of methoxy groups -OCH3 is 1. The number of epoxide rings is 1. The fraction of sp³-hybridized carbons (Fsp3) is 0.0588. The highest BCUT2D eigenvalue weighted by Crippen LogP contribution is 2.16. The van der Waals surface area contributed by atoms with E-state index in [1.54, 1.807) is 43.5 Å². The Bertz CT molecular complexity index is 679. The van der Waals surface area contributed by atoms with Crippen molar-refractivity contribution in [1.82, 2.24) is 0 Å². The van der Waals surface area contributed by atoms with Gasteiger partial charge in [0, 0.05) is 0 Å². The molecule has 0 aromatic heterocycles. The van der Waals surface area contributed by atoms with E-state index in [2.05, 4.69) is 11.3 Å². The Labute approximate surface area is 127 Å². The van der Waals surface area contributed by atoms with E-state index in [1.165, 1.54) is 0 Å². The molecule has 2 aromatic carbocycles. The van der Waals surface area contributed by atoms with Crippen molar-refractivity contribution < 1.29 is 23.8 Å². The number of hydrogen-bond donors (Lipinski definition) is 0. The second kappa shape index (κ2) is 7.08. The number of cyclic esters (lactones) is 1. The molecule has 1 fully saturated rings. The molecule has 0 unspecified atom stereocenters. The number of carbonyl (C=O) groups is 2. The highest BCUT2D eigenvalue weighted by molar-refractivity contribution is 5.99. The average Bonchev–Trinajstić information content (AvgIpc) is 3.21. The zero-order valence-corrected chi connectivity index (χ0v) is 11.9. The van der Waals surface area contributed by atoms with Crippen molar-refractivity contribution in [2.24, 2.45) is 0 Å². The number of hydrogen-bond acceptors (Lipinski definition) is 5. The summed E-state index contributed by atoms with van der Waals surface area (Å²) in [4.78, 5) is 21.4. The van der Waals surface area contributed by atoms with Crippen LogP contribution < -0.4 is 9.47 Å². The van der Waals surface area contributed by atoms with Gasteiger partial charge >= 0.3 is 11.9 Å². The molecule has 0 N–H and O–H groups in total. The molecule has 0 spiro atoms. The lowest BCUT2D eigenvalue weighted by molar-refractivity contribution is -0.117. The molecule has 0 radical (unpaired) electrons. The first-order valence-corrected chi connectivity index (χ1v) is 6.42. The van der Waals surface area contributed by atoms with Crippen LogP contribution >= 0.6 is 0 Å². The minimum Gasteiger partial charge on any atom is -0.497 e. The lowest BCUT2D eigenvalue weighted by Gasteiger charge is -2.05. The molecule has 22 heavy (non-hydrogen) atoms. The van der Waals surface area contributed by atoms with E-state index < -0.39 is 5.97 Å². The highest BCUT2D eigenvalue weighted by atomic mass is 16.6. The molecular formula is C17H14O5. The summed E-state index contributed by atoms with van der Waals surface area (Å²) in [7, 11) is 1.56. The van der Waals surface area contributed by atoms with Gasteiger partial charge in [-0.15, -0.1) is 0 Å². The van der Waals surface area contributed by atoms with E-state index >= 15 is 0 Å². The predicted octanol–water partition coefficient (Wildman–Crippen LogP) is 2.97. The number of esters is 1. The van der Waals surface area contributed by atoms with Gasteiger partial charge in [0.1, 0.15) is 11.5 Å². The second-order valence-corrected chi connectivity index (χ2v) is 4.25. The van der Waals surface area contributed by atoms with Gasteiger partial charge in [-0.05, 0) is 36.9 Å². The summed E-state index contributed by atoms with van der Waals surface area (Å²) in [6, 6.07) is 15.8. The third-order valence-electron chi connectivity index (χ3n) is 2.66. The van der Waals surface area contributed by atoms with Crippen LogP contribution in [0, 0.1) is 0 Å². The summed E-state index contributed by atoms with van der Waals surface area (Å²) in [5.41, 5.74) is 0.466. The first kappa shape index (κ1) is 15.3. The van der Waals surface area contributed by atoms with Crippen LogP contribution in [-0.2, 0) is 9.53 Å². The largest absolute Gasteiger partial charge is 0.497 e. The van der Waals surface area contributed by atoms with Crippen molar-refractivity contribution in [2.45, 2.75) is 0 Å². The Balaban J connectivity index is 0.000000299. The van der Waals surface area contributed by atoms with Gasteiger partial charge in [-0.25, -0.2) is 9.59 Å². The second-order valence-electron chi connectivity index (χ2n) is 4.25. The van der Waals surface area contributed by atoms with Gasteiger partial charge in [0.25, 0.3) is 0 Å². The van der Waals surface area contributed by atoms with Gasteiger partial charge in [-0.2, -0.15) is 0 Å². The molecule has 112 valence electrons. The lowest BCUT2D eigenvalue weighted by atomic mass is 10.2. The fourth-order valence-electron chi connectivity index (χ4n) is 1.49. The van der Waals surface area contributed by atoms with Crippen molar-refractivity contribution in [3.63, 3.8) is 0 Å². The summed E-state index contributed by atoms with van der Waals surface area (Å²) in [5.74, 6) is 0.776. The Morgan fingerprint density at radius 3 is 2.18 bits per heavy atom. The summed E-state index contributed by atoms with van der Waals surface area (Å²) < 4.78 is 14.3. The lowest BCUT2D eigenvalue weighted by Crippen LogP contribution is -2.08. The number of rotatable bonds is 3. The van der Waals surface area contributed by atoms with E-state index in [-0.39, 0.29) is 11.7 Å². The van der Waals surface area contributed by atoms with Gasteiger partial charge in [-0.3, -0.25) is 0 Å². The molecular weight excluding hydrogens is 284 g/mol. The molecule has 1 aliphatic rings. The van der Waals surface area contributed by atoms with Crippen molar-refractivity contribution in [3.8, 4) is 11.5 Å². The van der Waals surface area contributed by atoms with Crippen LogP contribution in [0.25, 0.3) is 0 Å². The third-order valence-corrected chi connectivity index (χ3v) is 2.66. The van der Waals surface area contributed by atoms with Crippen LogP contribution in [0.5, 0.6) is 11.5 Å². The van der Waals surface area contributed by atoms with E-state index in [0.717, 1.165) is 0 Å². The van der Waals surface area contributed by atoms with Crippen LogP contribution in [0.4, 0.5) is 0 Å². The molecule has 0 atom stereocenters. The molecule has 5 heteroatoms. The standard InChI is InChI=1S/C14H12O3.C3H2O2/c1-16-13-9-5-6-11(10-13)14(15)17-12-7-3-2-4-8-12;1-2-3(4)5-2/h2-10H,1H3;1H2. The smallest absolute Gasteiger partial charge is 0.379 e. The maximum absolute atomic E-state index is 11.8. The molecule has 0 aliphatic carbocycles. The van der Waals surface area contributed by atoms with Crippen molar-refractivity contribution in [1.29, 1.82) is 0 Å². The number of ether oxygens (including phenoxy) is 3. The molecule has 1 saturated heterocycles. The molecule has 0 bridgehead atoms. The average molecular weight is 298 g/mol. The summed E-state index contributed by atoms with van der Waals surface area (Å²) in [6.07, 6.45) is 0. The number of carbonyl (C=O) groups excluding carboxylic acids is 2. The topological polar surface area (TPSA) is 65.1 Å². The first-order chi connectivity index (χ1) is 10.6. The number of para-hydroxylation sites is 1. The van der Waals surface area contributed by atoms with E-state index in [9.17, 15) is 9.59 Å². The van der Waals surface area contributed by atoms with Crippen LogP contribution in [0.15, 0.2) is 66.9 Å². The third kappa shape index (κ3) is 4.49. The van der Waals surface area contributed by atoms with E-state index in [1.807, 2.05) is 18.2 Å². The van der Waals surface area contributed by atoms with Gasteiger partial charge < -0.3 is 14.2 Å². The normalized spacial score (nSPS) is 11.7. The minimum absolute atomic E-state index is 0.273. The monoisotopic (exact) mass is 298 g/mol. The molecule has 3 rings (SSSR count). The minimum atomic E-state index is -0.393. The SMILES string of the molecule is C=C1OC1=O.COc1cccc(C(=O)Oc2ccccc2)c1. The molecule has 1 heterocycles. The molecule has 0 saturated carbocycles. The maximum Gasteiger partial charge on any atom is 0.379 e. The van der Waals surface area contributed by atoms with Crippen LogP contribution in [-0.4, -0.2) is 19.0 Å². The zero-order chi connectivity index (χ0) is 15.9. The summed E-state index contributed by atoms with van der Waals surface area (Å²) in [5, 5.41) is 0. The van der Waals surface area contributed by atoms with Gasteiger partial charge in [0.05, 0.1) is 12.7 Å². The van der Waals surface area contributed by atoms with Gasteiger partial charge in [0.2, 0.25) is 5.76 Å². The van der Waals surface area contributed by atoms with Crippen molar-refractivity contribution in [2.75, 3.05) is 7.11 Å². The van der Waals surface area contributed by atoms with Gasteiger partial charge in [0.15, 0.2) is 0 Å².